The molecule has 10 heteroatoms. The molecule has 0 aliphatic carbocycles. The van der Waals surface area contributed by atoms with Crippen LogP contribution in [0.5, 0.6) is 0 Å². The van der Waals surface area contributed by atoms with Crippen molar-refractivity contribution in [1.82, 2.24) is 4.68 Å². The molecule has 34 heavy (non-hydrogen) atoms. The van der Waals surface area contributed by atoms with E-state index < -0.39 is 17.7 Å². The molecule has 0 unspecified atom stereocenters. The van der Waals surface area contributed by atoms with Gasteiger partial charge in [0, 0.05) is 30.7 Å². The highest BCUT2D eigenvalue weighted by Crippen LogP contribution is 2.25. The zero-order valence-corrected chi connectivity index (χ0v) is 21.6. The number of hydrogen-bond donors (Lipinski definition) is 3. The highest BCUT2D eigenvalue weighted by molar-refractivity contribution is 9.10. The van der Waals surface area contributed by atoms with Crippen molar-refractivity contribution < 1.29 is 14.4 Å². The van der Waals surface area contributed by atoms with Crippen LogP contribution in [0.15, 0.2) is 75.7 Å². The van der Waals surface area contributed by atoms with Crippen LogP contribution < -0.4 is 16.1 Å². The van der Waals surface area contributed by atoms with Gasteiger partial charge < -0.3 is 10.6 Å². The normalized spacial score (nSPS) is 10.7. The first-order valence-electron chi connectivity index (χ1n) is 9.97. The number of nitrogens with zero attached hydrogens (tertiary/aromatic N) is 1. The number of anilines is 2. The number of fused-ring (bicyclic) bond motifs is 1. The van der Waals surface area contributed by atoms with Gasteiger partial charge in [0.25, 0.3) is 5.91 Å². The van der Waals surface area contributed by atoms with E-state index in [0.717, 1.165) is 14.5 Å². The van der Waals surface area contributed by atoms with Crippen LogP contribution >= 0.6 is 43.5 Å². The summed E-state index contributed by atoms with van der Waals surface area (Å²) in [5.41, 5.74) is 5.03. The van der Waals surface area contributed by atoms with Gasteiger partial charge in [0.05, 0.1) is 5.52 Å². The van der Waals surface area contributed by atoms with Crippen LogP contribution in [-0.2, 0) is 9.59 Å². The van der Waals surface area contributed by atoms with E-state index in [9.17, 15) is 14.4 Å². The summed E-state index contributed by atoms with van der Waals surface area (Å²) in [5, 5.41) is 6.51. The van der Waals surface area contributed by atoms with Crippen molar-refractivity contribution in [3.63, 3.8) is 0 Å². The molecule has 0 atom stereocenters. The summed E-state index contributed by atoms with van der Waals surface area (Å²) in [6, 6.07) is 18.9. The van der Waals surface area contributed by atoms with Gasteiger partial charge in [0.2, 0.25) is 0 Å². The molecule has 4 rings (SSSR count). The first kappa shape index (κ1) is 24.0. The summed E-state index contributed by atoms with van der Waals surface area (Å²) < 4.78 is 2.93. The molecule has 0 aliphatic heterocycles. The van der Waals surface area contributed by atoms with Crippen LogP contribution in [0.1, 0.15) is 16.1 Å². The Balaban J connectivity index is 1.62. The van der Waals surface area contributed by atoms with Gasteiger partial charge in [-0.1, -0.05) is 49.5 Å². The molecule has 0 radical (unpaired) electrons. The molecule has 7 nitrogen and oxygen atoms in total. The summed E-state index contributed by atoms with van der Waals surface area (Å²) in [4.78, 5) is 38.3. The molecule has 172 valence electrons. The lowest BCUT2D eigenvalue weighted by Crippen LogP contribution is -2.36. The van der Waals surface area contributed by atoms with Crippen LogP contribution in [-0.4, -0.2) is 22.4 Å². The highest BCUT2D eigenvalue weighted by Gasteiger charge is 2.21. The fourth-order valence-electron chi connectivity index (χ4n) is 3.21. The number of aryl methyl sites for hydroxylation is 1. The number of hydrogen-bond acceptors (Lipinski definition) is 3. The first-order chi connectivity index (χ1) is 16.2. The lowest BCUT2D eigenvalue weighted by atomic mass is 10.2. The summed E-state index contributed by atoms with van der Waals surface area (Å²) in [7, 11) is 0. The summed E-state index contributed by atoms with van der Waals surface area (Å²) in [6.07, 6.45) is 0. The van der Waals surface area contributed by atoms with E-state index in [1.807, 2.05) is 6.92 Å². The second kappa shape index (κ2) is 10.0. The maximum atomic E-state index is 13.1. The minimum Gasteiger partial charge on any atom is -0.321 e. The minimum atomic E-state index is -0.934. The quantitative estimate of drug-likeness (QED) is 0.246. The van der Waals surface area contributed by atoms with Gasteiger partial charge in [-0.05, 0) is 73.2 Å². The summed E-state index contributed by atoms with van der Waals surface area (Å²) in [5.74, 6) is -2.30. The average molecular weight is 605 g/mol. The van der Waals surface area contributed by atoms with Gasteiger partial charge in [-0.25, -0.2) is 4.68 Å². The summed E-state index contributed by atoms with van der Waals surface area (Å²) >= 11 is 12.9. The van der Waals surface area contributed by atoms with Crippen molar-refractivity contribution >= 4 is 83.5 Å². The number of rotatable bonds is 4. The predicted molar refractivity (Wildman–Crippen MR) is 141 cm³/mol. The van der Waals surface area contributed by atoms with Gasteiger partial charge in [-0.15, -0.1) is 0 Å². The molecule has 0 spiro atoms. The Morgan fingerprint density at radius 2 is 1.47 bits per heavy atom. The van der Waals surface area contributed by atoms with Crippen LogP contribution in [0.2, 0.25) is 5.02 Å². The van der Waals surface area contributed by atoms with E-state index in [-0.39, 0.29) is 5.69 Å². The van der Waals surface area contributed by atoms with Gasteiger partial charge >= 0.3 is 11.8 Å². The third kappa shape index (κ3) is 5.32. The molecule has 4 aromatic rings. The Labute approximate surface area is 216 Å². The van der Waals surface area contributed by atoms with Crippen molar-refractivity contribution in [2.75, 3.05) is 16.1 Å². The maximum Gasteiger partial charge on any atom is 0.328 e. The first-order valence-corrected chi connectivity index (χ1v) is 11.9. The predicted octanol–water partition coefficient (Wildman–Crippen LogP) is 6.09. The number of nitrogens with one attached hydrogen (secondary N) is 3. The molecular weight excluding hydrogens is 588 g/mol. The number of halogens is 3. The maximum absolute atomic E-state index is 13.1. The Bertz CT molecular complexity index is 1430. The van der Waals surface area contributed by atoms with E-state index in [0.29, 0.717) is 27.3 Å². The summed E-state index contributed by atoms with van der Waals surface area (Å²) in [6.45, 7) is 1.86. The third-order valence-corrected chi connectivity index (χ3v) is 6.38. The second-order valence-corrected chi connectivity index (χ2v) is 9.63. The Morgan fingerprint density at radius 3 is 2.18 bits per heavy atom. The zero-order chi connectivity index (χ0) is 24.4. The Kier molecular flexibility index (Phi) is 7.06. The van der Waals surface area contributed by atoms with Gasteiger partial charge in [-0.3, -0.25) is 19.8 Å². The number of carbonyl (C=O) groups excluding carboxylic acids is 3. The lowest BCUT2D eigenvalue weighted by molar-refractivity contribution is -0.133. The highest BCUT2D eigenvalue weighted by atomic mass is 79.9. The fourth-order valence-corrected chi connectivity index (χ4v) is 4.04. The Morgan fingerprint density at radius 1 is 0.794 bits per heavy atom. The standard InChI is InChI=1S/C24H17Br2ClN4O3/c1-13-2-6-18(12-19(13)27)29-22(32)21-11-14-10-16(26)5-9-20(14)31(21)30-24(34)23(33)28-17-7-3-15(25)4-8-17/h2-12H,1H3,(H,28,33)(H,29,32)(H,30,34). The minimum absolute atomic E-state index is 0.134. The van der Waals surface area contributed by atoms with Crippen LogP contribution in [0.25, 0.3) is 10.9 Å². The zero-order valence-electron chi connectivity index (χ0n) is 17.7. The SMILES string of the molecule is Cc1ccc(NC(=O)c2cc3cc(Br)ccc3n2NC(=O)C(=O)Nc2ccc(Br)cc2)cc1Cl. The molecule has 3 N–H and O–H groups in total. The van der Waals surface area contributed by atoms with Crippen molar-refractivity contribution in [3.05, 3.63) is 92.0 Å². The fraction of sp³-hybridized carbons (Fsp3) is 0.0417. The van der Waals surface area contributed by atoms with E-state index in [1.165, 1.54) is 4.68 Å². The van der Waals surface area contributed by atoms with Crippen molar-refractivity contribution in [1.29, 1.82) is 0 Å². The number of carbonyl (C=O) groups is 3. The smallest absolute Gasteiger partial charge is 0.321 e. The third-order valence-electron chi connectivity index (χ3n) is 4.95. The van der Waals surface area contributed by atoms with E-state index in [1.54, 1.807) is 66.7 Å². The van der Waals surface area contributed by atoms with Crippen molar-refractivity contribution in [3.8, 4) is 0 Å². The second-order valence-electron chi connectivity index (χ2n) is 7.39. The average Bonchev–Trinajstić information content (AvgIpc) is 3.15. The molecule has 0 saturated heterocycles. The van der Waals surface area contributed by atoms with Crippen molar-refractivity contribution in [2.45, 2.75) is 6.92 Å². The van der Waals surface area contributed by atoms with E-state index in [4.69, 9.17) is 11.6 Å². The van der Waals surface area contributed by atoms with Gasteiger partial charge in [0.1, 0.15) is 5.69 Å². The molecule has 0 fully saturated rings. The molecule has 1 aromatic heterocycles. The van der Waals surface area contributed by atoms with Gasteiger partial charge in [-0.2, -0.15) is 0 Å². The molecule has 0 saturated carbocycles. The topological polar surface area (TPSA) is 92.2 Å². The molecule has 0 aliphatic rings. The number of amides is 3. The molecule has 3 amide bonds. The Hall–Kier alpha value is -3.14. The van der Waals surface area contributed by atoms with Crippen LogP contribution in [0.4, 0.5) is 11.4 Å². The van der Waals surface area contributed by atoms with Crippen LogP contribution in [0.3, 0.4) is 0 Å². The molecule has 3 aromatic carbocycles. The monoisotopic (exact) mass is 602 g/mol. The number of aromatic nitrogens is 1. The largest absolute Gasteiger partial charge is 0.328 e. The van der Waals surface area contributed by atoms with Gasteiger partial charge in [0.15, 0.2) is 0 Å². The molecule has 0 bridgehead atoms. The van der Waals surface area contributed by atoms with Crippen molar-refractivity contribution in [2.24, 2.45) is 0 Å². The lowest BCUT2D eigenvalue weighted by Gasteiger charge is -2.13. The molecular formula is C24H17Br2ClN4O3. The van der Waals surface area contributed by atoms with E-state index in [2.05, 4.69) is 47.9 Å². The van der Waals surface area contributed by atoms with E-state index >= 15 is 0 Å². The number of benzene rings is 3. The molecule has 1 heterocycles. The van der Waals surface area contributed by atoms with Crippen LogP contribution in [0, 0.1) is 6.92 Å².